The molecular weight excluding hydrogens is 253 g/mol. The van der Waals surface area contributed by atoms with Crippen LogP contribution in [0.3, 0.4) is 0 Å². The summed E-state index contributed by atoms with van der Waals surface area (Å²) in [5.74, 6) is 0.689. The maximum Gasteiger partial charge on any atom is 0.206 e. The molecule has 0 saturated carbocycles. The van der Waals surface area contributed by atoms with Gasteiger partial charge < -0.3 is 9.47 Å². The molecule has 3 rings (SSSR count). The number of para-hydroxylation sites is 2. The fourth-order valence-electron chi connectivity index (χ4n) is 2.41. The Balaban J connectivity index is 1.90. The average molecular weight is 269 g/mol. The van der Waals surface area contributed by atoms with Crippen molar-refractivity contribution in [2.45, 2.75) is 6.54 Å². The Morgan fingerprint density at radius 3 is 2.50 bits per heavy atom. The second-order valence-corrected chi connectivity index (χ2v) is 4.94. The maximum absolute atomic E-state index is 12.9. The van der Waals surface area contributed by atoms with Gasteiger partial charge in [-0.25, -0.2) is 9.37 Å². The third-order valence-corrected chi connectivity index (χ3v) is 3.44. The van der Waals surface area contributed by atoms with Crippen molar-refractivity contribution in [2.24, 2.45) is 7.05 Å². The van der Waals surface area contributed by atoms with E-state index in [1.54, 1.807) is 12.1 Å². The highest BCUT2D eigenvalue weighted by Gasteiger charge is 2.11. The Hall–Kier alpha value is -2.36. The zero-order valence-corrected chi connectivity index (χ0v) is 11.5. The molecule has 0 saturated heterocycles. The van der Waals surface area contributed by atoms with Crippen molar-refractivity contribution in [3.63, 3.8) is 0 Å². The molecule has 0 atom stereocenters. The minimum Gasteiger partial charge on any atom is -0.341 e. The average Bonchev–Trinajstić information content (AvgIpc) is 2.79. The molecule has 0 N–H and O–H groups in total. The van der Waals surface area contributed by atoms with E-state index in [0.29, 0.717) is 6.54 Å². The molecule has 0 spiro atoms. The molecule has 1 heterocycles. The summed E-state index contributed by atoms with van der Waals surface area (Å²) in [6.45, 7) is 0.692. The van der Waals surface area contributed by atoms with E-state index in [0.717, 1.165) is 22.5 Å². The van der Waals surface area contributed by atoms with Gasteiger partial charge >= 0.3 is 0 Å². The number of halogens is 1. The first-order valence-corrected chi connectivity index (χ1v) is 6.52. The highest BCUT2D eigenvalue weighted by Crippen LogP contribution is 2.21. The first-order valence-electron chi connectivity index (χ1n) is 6.52. The van der Waals surface area contributed by atoms with Gasteiger partial charge in [0.15, 0.2) is 0 Å². The number of fused-ring (bicyclic) bond motifs is 1. The molecule has 3 nitrogen and oxygen atoms in total. The number of hydrogen-bond acceptors (Lipinski definition) is 2. The van der Waals surface area contributed by atoms with Crippen LogP contribution in [0.1, 0.15) is 5.56 Å². The Bertz CT molecular complexity index is 731. The molecule has 102 valence electrons. The standard InChI is InChI=1S/C16H16FN3/c1-19(11-12-7-9-13(17)10-8-12)16-18-14-5-3-4-6-15(14)20(16)2/h3-10H,11H2,1-2H3. The third kappa shape index (κ3) is 2.25. The van der Waals surface area contributed by atoms with Gasteiger partial charge in [0.05, 0.1) is 11.0 Å². The lowest BCUT2D eigenvalue weighted by Crippen LogP contribution is -2.19. The van der Waals surface area contributed by atoms with Gasteiger partial charge in [-0.3, -0.25) is 0 Å². The summed E-state index contributed by atoms with van der Waals surface area (Å²) >= 11 is 0. The topological polar surface area (TPSA) is 21.1 Å². The van der Waals surface area contributed by atoms with E-state index in [1.807, 2.05) is 32.3 Å². The van der Waals surface area contributed by atoms with E-state index in [9.17, 15) is 4.39 Å². The molecular formula is C16H16FN3. The fourth-order valence-corrected chi connectivity index (χ4v) is 2.41. The molecule has 0 aliphatic rings. The van der Waals surface area contributed by atoms with Crippen LogP contribution in [-0.2, 0) is 13.6 Å². The first-order chi connectivity index (χ1) is 9.65. The molecule has 2 aromatic carbocycles. The number of aryl methyl sites for hydroxylation is 1. The lowest BCUT2D eigenvalue weighted by atomic mass is 10.2. The molecule has 0 bridgehead atoms. The zero-order chi connectivity index (χ0) is 14.1. The normalized spacial score (nSPS) is 10.9. The molecule has 0 aliphatic carbocycles. The van der Waals surface area contributed by atoms with Crippen LogP contribution in [-0.4, -0.2) is 16.6 Å². The fraction of sp³-hybridized carbons (Fsp3) is 0.188. The van der Waals surface area contributed by atoms with Crippen LogP contribution < -0.4 is 4.90 Å². The number of nitrogens with zero attached hydrogens (tertiary/aromatic N) is 3. The molecule has 0 unspecified atom stereocenters. The van der Waals surface area contributed by atoms with Crippen molar-refractivity contribution in [1.29, 1.82) is 0 Å². The summed E-state index contributed by atoms with van der Waals surface area (Å²) in [5.41, 5.74) is 3.14. The van der Waals surface area contributed by atoms with Gasteiger partial charge in [0, 0.05) is 20.6 Å². The van der Waals surface area contributed by atoms with E-state index < -0.39 is 0 Å². The summed E-state index contributed by atoms with van der Waals surface area (Å²) in [6, 6.07) is 14.6. The second-order valence-electron chi connectivity index (χ2n) is 4.94. The Morgan fingerprint density at radius 2 is 1.80 bits per heavy atom. The molecule has 3 aromatic rings. The van der Waals surface area contributed by atoms with Gasteiger partial charge in [0.2, 0.25) is 5.95 Å². The molecule has 0 amide bonds. The molecule has 4 heteroatoms. The number of anilines is 1. The van der Waals surface area contributed by atoms with Crippen molar-refractivity contribution >= 4 is 17.0 Å². The number of aromatic nitrogens is 2. The zero-order valence-electron chi connectivity index (χ0n) is 11.5. The lowest BCUT2D eigenvalue weighted by Gasteiger charge is -2.18. The van der Waals surface area contributed by atoms with Crippen molar-refractivity contribution in [2.75, 3.05) is 11.9 Å². The van der Waals surface area contributed by atoms with Gasteiger partial charge in [-0.2, -0.15) is 0 Å². The van der Waals surface area contributed by atoms with E-state index in [-0.39, 0.29) is 5.82 Å². The van der Waals surface area contributed by atoms with Crippen molar-refractivity contribution in [1.82, 2.24) is 9.55 Å². The molecule has 1 aromatic heterocycles. The molecule has 0 fully saturated rings. The van der Waals surface area contributed by atoms with Gasteiger partial charge in [-0.05, 0) is 29.8 Å². The quantitative estimate of drug-likeness (QED) is 0.727. The Morgan fingerprint density at radius 1 is 1.10 bits per heavy atom. The lowest BCUT2D eigenvalue weighted by molar-refractivity contribution is 0.626. The van der Waals surface area contributed by atoms with Crippen LogP contribution >= 0.6 is 0 Å². The molecule has 0 radical (unpaired) electrons. The van der Waals surface area contributed by atoms with Crippen LogP contribution in [0.25, 0.3) is 11.0 Å². The van der Waals surface area contributed by atoms with Crippen LogP contribution in [0.5, 0.6) is 0 Å². The number of benzene rings is 2. The monoisotopic (exact) mass is 269 g/mol. The van der Waals surface area contributed by atoms with E-state index >= 15 is 0 Å². The van der Waals surface area contributed by atoms with Gasteiger partial charge in [-0.1, -0.05) is 24.3 Å². The molecule has 0 aliphatic heterocycles. The summed E-state index contributed by atoms with van der Waals surface area (Å²) in [4.78, 5) is 6.70. The van der Waals surface area contributed by atoms with Crippen LogP contribution in [0.4, 0.5) is 10.3 Å². The van der Waals surface area contributed by atoms with Gasteiger partial charge in [-0.15, -0.1) is 0 Å². The summed E-state index contributed by atoms with van der Waals surface area (Å²) in [6.07, 6.45) is 0. The predicted molar refractivity (Wildman–Crippen MR) is 79.2 cm³/mol. The van der Waals surface area contributed by atoms with E-state index in [2.05, 4.69) is 20.5 Å². The van der Waals surface area contributed by atoms with Gasteiger partial charge in [0.25, 0.3) is 0 Å². The Kier molecular flexibility index (Phi) is 3.14. The largest absolute Gasteiger partial charge is 0.341 e. The van der Waals surface area contributed by atoms with Crippen LogP contribution in [0, 0.1) is 5.82 Å². The Labute approximate surface area is 117 Å². The minimum atomic E-state index is -0.209. The number of hydrogen-bond donors (Lipinski definition) is 0. The van der Waals surface area contributed by atoms with Crippen molar-refractivity contribution in [3.8, 4) is 0 Å². The van der Waals surface area contributed by atoms with Crippen molar-refractivity contribution in [3.05, 3.63) is 59.9 Å². The highest BCUT2D eigenvalue weighted by molar-refractivity contribution is 5.78. The van der Waals surface area contributed by atoms with Crippen LogP contribution in [0.15, 0.2) is 48.5 Å². The summed E-state index contributed by atoms with van der Waals surface area (Å²) < 4.78 is 15.0. The second kappa shape index (κ2) is 4.96. The summed E-state index contributed by atoms with van der Waals surface area (Å²) in [5, 5.41) is 0. The van der Waals surface area contributed by atoms with Crippen LogP contribution in [0.2, 0.25) is 0 Å². The van der Waals surface area contributed by atoms with E-state index in [4.69, 9.17) is 0 Å². The first kappa shape index (κ1) is 12.7. The predicted octanol–water partition coefficient (Wildman–Crippen LogP) is 3.35. The summed E-state index contributed by atoms with van der Waals surface area (Å²) in [7, 11) is 4.00. The third-order valence-electron chi connectivity index (χ3n) is 3.44. The molecule has 20 heavy (non-hydrogen) atoms. The number of imidazole rings is 1. The smallest absolute Gasteiger partial charge is 0.206 e. The highest BCUT2D eigenvalue weighted by atomic mass is 19.1. The van der Waals surface area contributed by atoms with Crippen molar-refractivity contribution < 1.29 is 4.39 Å². The van der Waals surface area contributed by atoms with E-state index in [1.165, 1.54) is 12.1 Å². The SMILES string of the molecule is CN(Cc1ccc(F)cc1)c1nc2ccccc2n1C. The van der Waals surface area contributed by atoms with Gasteiger partial charge in [0.1, 0.15) is 5.82 Å². The minimum absolute atomic E-state index is 0.209. The number of rotatable bonds is 3. The maximum atomic E-state index is 12.9.